The van der Waals surface area contributed by atoms with Gasteiger partial charge >= 0.3 is 0 Å². The fourth-order valence-corrected chi connectivity index (χ4v) is 3.43. The van der Waals surface area contributed by atoms with Crippen molar-refractivity contribution >= 4 is 5.69 Å². The summed E-state index contributed by atoms with van der Waals surface area (Å²) in [6, 6.07) is 13.2. The third-order valence-electron chi connectivity index (χ3n) is 4.32. The number of hydrogen-bond donors (Lipinski definition) is 1. The van der Waals surface area contributed by atoms with E-state index in [4.69, 9.17) is 0 Å². The Kier molecular flexibility index (Phi) is 2.41. The molecule has 2 heterocycles. The zero-order chi connectivity index (χ0) is 12.7. The summed E-state index contributed by atoms with van der Waals surface area (Å²) in [6.07, 6.45) is 9.66. The van der Waals surface area contributed by atoms with Gasteiger partial charge in [0.15, 0.2) is 0 Å². The number of fused-ring (bicyclic) bond motifs is 3. The van der Waals surface area contributed by atoms with E-state index in [9.17, 15) is 0 Å². The average molecular weight is 248 g/mol. The molecule has 2 aliphatic rings. The largest absolute Gasteiger partial charge is 0.378 e. The number of rotatable bonds is 1. The van der Waals surface area contributed by atoms with Crippen molar-refractivity contribution in [3.63, 3.8) is 0 Å². The molecule has 1 aromatic heterocycles. The lowest BCUT2D eigenvalue weighted by molar-refractivity contribution is 0.425. The van der Waals surface area contributed by atoms with Gasteiger partial charge < -0.3 is 5.32 Å². The van der Waals surface area contributed by atoms with Gasteiger partial charge in [-0.2, -0.15) is 0 Å². The van der Waals surface area contributed by atoms with Crippen LogP contribution in [-0.2, 0) is 0 Å². The van der Waals surface area contributed by atoms with E-state index in [1.165, 1.54) is 16.8 Å². The summed E-state index contributed by atoms with van der Waals surface area (Å²) in [6.45, 7) is 0. The molecule has 0 radical (unpaired) electrons. The van der Waals surface area contributed by atoms with Crippen molar-refractivity contribution in [2.75, 3.05) is 5.32 Å². The number of allylic oxidation sites excluding steroid dienone is 2. The van der Waals surface area contributed by atoms with Crippen LogP contribution in [-0.4, -0.2) is 4.98 Å². The lowest BCUT2D eigenvalue weighted by atomic mass is 9.77. The van der Waals surface area contributed by atoms with E-state index in [0.717, 1.165) is 6.42 Å². The maximum absolute atomic E-state index is 4.27. The van der Waals surface area contributed by atoms with E-state index >= 15 is 0 Å². The number of nitrogens with one attached hydrogen (secondary N) is 1. The number of aromatic nitrogens is 1. The minimum atomic E-state index is 0.364. The molecule has 3 atom stereocenters. The number of para-hydroxylation sites is 1. The Bertz CT molecular complexity index is 618. The van der Waals surface area contributed by atoms with Crippen LogP contribution in [0.4, 0.5) is 5.69 Å². The summed E-state index contributed by atoms with van der Waals surface area (Å²) in [7, 11) is 0. The first-order chi connectivity index (χ1) is 9.43. The summed E-state index contributed by atoms with van der Waals surface area (Å²) in [4.78, 5) is 4.27. The SMILES string of the molecule is C1=C[C@@H]2c3ccccc3N[C@H](c3cccnc3)[C@@H]2C1. The number of nitrogens with zero attached hydrogens (tertiary/aromatic N) is 1. The molecular formula is C17H16N2. The summed E-state index contributed by atoms with van der Waals surface area (Å²) >= 11 is 0. The average Bonchev–Trinajstić information content (AvgIpc) is 2.97. The molecule has 0 spiro atoms. The standard InChI is InChI=1S/C17H16N2/c1-2-9-16-14(6-1)13-7-3-8-15(13)17(19-16)12-5-4-10-18-11-12/h1-7,9-11,13,15,17,19H,8H2/t13-,15-,17-/m1/s1. The molecule has 0 amide bonds. The van der Waals surface area contributed by atoms with Gasteiger partial charge in [0.2, 0.25) is 0 Å². The quantitative estimate of drug-likeness (QED) is 0.774. The monoisotopic (exact) mass is 248 g/mol. The van der Waals surface area contributed by atoms with Crippen LogP contribution in [0.1, 0.15) is 29.5 Å². The van der Waals surface area contributed by atoms with Gasteiger partial charge in [-0.25, -0.2) is 0 Å². The van der Waals surface area contributed by atoms with Crippen LogP contribution in [0.15, 0.2) is 60.9 Å². The van der Waals surface area contributed by atoms with Gasteiger partial charge in [-0.05, 0) is 35.6 Å². The maximum atomic E-state index is 4.27. The molecule has 1 aliphatic heterocycles. The Morgan fingerprint density at radius 3 is 2.95 bits per heavy atom. The fraction of sp³-hybridized carbons (Fsp3) is 0.235. The molecule has 0 unspecified atom stereocenters. The van der Waals surface area contributed by atoms with Gasteiger partial charge in [-0.3, -0.25) is 4.98 Å². The third kappa shape index (κ3) is 1.67. The van der Waals surface area contributed by atoms with Gasteiger partial charge in [0.1, 0.15) is 0 Å². The molecule has 4 rings (SSSR count). The Labute approximate surface area is 113 Å². The summed E-state index contributed by atoms with van der Waals surface area (Å²) in [5.74, 6) is 1.15. The highest BCUT2D eigenvalue weighted by Crippen LogP contribution is 2.49. The second kappa shape index (κ2) is 4.23. The van der Waals surface area contributed by atoms with Gasteiger partial charge in [0.25, 0.3) is 0 Å². The Hall–Kier alpha value is -2.09. The first-order valence-electron chi connectivity index (χ1n) is 6.85. The Morgan fingerprint density at radius 1 is 1.11 bits per heavy atom. The van der Waals surface area contributed by atoms with Crippen molar-refractivity contribution in [1.82, 2.24) is 4.98 Å². The van der Waals surface area contributed by atoms with Gasteiger partial charge in [-0.15, -0.1) is 0 Å². The molecule has 19 heavy (non-hydrogen) atoms. The second-order valence-electron chi connectivity index (χ2n) is 5.35. The van der Waals surface area contributed by atoms with Crippen LogP contribution in [0.2, 0.25) is 0 Å². The van der Waals surface area contributed by atoms with E-state index in [1.807, 2.05) is 18.5 Å². The first kappa shape index (κ1) is 10.8. The molecule has 0 saturated carbocycles. The molecule has 0 saturated heterocycles. The fourth-order valence-electron chi connectivity index (χ4n) is 3.43. The predicted molar refractivity (Wildman–Crippen MR) is 77.0 cm³/mol. The normalized spacial score (nSPS) is 27.5. The smallest absolute Gasteiger partial charge is 0.0569 e. The molecule has 2 aromatic rings. The van der Waals surface area contributed by atoms with Gasteiger partial charge in [0, 0.05) is 24.0 Å². The molecule has 1 aromatic carbocycles. The number of benzene rings is 1. The van der Waals surface area contributed by atoms with Crippen LogP contribution >= 0.6 is 0 Å². The summed E-state index contributed by atoms with van der Waals surface area (Å²) in [5.41, 5.74) is 3.99. The second-order valence-corrected chi connectivity index (χ2v) is 5.35. The number of pyridine rings is 1. The van der Waals surface area contributed by atoms with E-state index in [2.05, 4.69) is 52.8 Å². The van der Waals surface area contributed by atoms with E-state index in [-0.39, 0.29) is 0 Å². The maximum Gasteiger partial charge on any atom is 0.0569 e. The van der Waals surface area contributed by atoms with Crippen LogP contribution in [0.3, 0.4) is 0 Å². The lowest BCUT2D eigenvalue weighted by Crippen LogP contribution is -2.29. The highest BCUT2D eigenvalue weighted by molar-refractivity contribution is 5.59. The van der Waals surface area contributed by atoms with Gasteiger partial charge in [0.05, 0.1) is 6.04 Å². The lowest BCUT2D eigenvalue weighted by Gasteiger charge is -2.37. The number of hydrogen-bond acceptors (Lipinski definition) is 2. The molecule has 2 heteroatoms. The molecule has 1 aliphatic carbocycles. The van der Waals surface area contributed by atoms with E-state index < -0.39 is 0 Å². The van der Waals surface area contributed by atoms with Crippen LogP contribution in [0, 0.1) is 5.92 Å². The Morgan fingerprint density at radius 2 is 2.05 bits per heavy atom. The summed E-state index contributed by atoms with van der Waals surface area (Å²) in [5, 5.41) is 3.70. The van der Waals surface area contributed by atoms with Crippen molar-refractivity contribution in [2.45, 2.75) is 18.4 Å². The minimum Gasteiger partial charge on any atom is -0.378 e. The van der Waals surface area contributed by atoms with Crippen molar-refractivity contribution in [3.05, 3.63) is 72.1 Å². The summed E-state index contributed by atoms with van der Waals surface area (Å²) < 4.78 is 0. The van der Waals surface area contributed by atoms with Crippen LogP contribution < -0.4 is 5.32 Å². The van der Waals surface area contributed by atoms with E-state index in [0.29, 0.717) is 17.9 Å². The van der Waals surface area contributed by atoms with Crippen molar-refractivity contribution in [3.8, 4) is 0 Å². The third-order valence-corrected chi connectivity index (χ3v) is 4.32. The van der Waals surface area contributed by atoms with Crippen LogP contribution in [0.25, 0.3) is 0 Å². The molecule has 0 fully saturated rings. The topological polar surface area (TPSA) is 24.9 Å². The molecule has 94 valence electrons. The van der Waals surface area contributed by atoms with E-state index in [1.54, 1.807) is 0 Å². The van der Waals surface area contributed by atoms with Gasteiger partial charge in [-0.1, -0.05) is 36.4 Å². The molecule has 2 nitrogen and oxygen atoms in total. The van der Waals surface area contributed by atoms with Crippen molar-refractivity contribution in [1.29, 1.82) is 0 Å². The van der Waals surface area contributed by atoms with Crippen molar-refractivity contribution < 1.29 is 0 Å². The zero-order valence-electron chi connectivity index (χ0n) is 10.7. The van der Waals surface area contributed by atoms with Crippen LogP contribution in [0.5, 0.6) is 0 Å². The zero-order valence-corrected chi connectivity index (χ0v) is 10.7. The number of anilines is 1. The molecule has 1 N–H and O–H groups in total. The minimum absolute atomic E-state index is 0.364. The van der Waals surface area contributed by atoms with Crippen molar-refractivity contribution in [2.24, 2.45) is 5.92 Å². The molecular weight excluding hydrogens is 232 g/mol. The highest BCUT2D eigenvalue weighted by Gasteiger charge is 2.37. The Balaban J connectivity index is 1.80. The highest BCUT2D eigenvalue weighted by atomic mass is 15.0. The molecule has 0 bridgehead atoms. The predicted octanol–water partition coefficient (Wildman–Crippen LogP) is 3.91. The first-order valence-corrected chi connectivity index (χ1v) is 6.85.